The summed E-state index contributed by atoms with van der Waals surface area (Å²) in [5.74, 6) is -3.16. The number of primary amides is 1. The second-order valence-corrected chi connectivity index (χ2v) is 9.38. The number of amides is 1. The van der Waals surface area contributed by atoms with E-state index in [4.69, 9.17) is 10.8 Å². The van der Waals surface area contributed by atoms with Crippen molar-refractivity contribution in [3.63, 3.8) is 0 Å². The van der Waals surface area contributed by atoms with E-state index in [1.54, 1.807) is 29.2 Å². The lowest BCUT2D eigenvalue weighted by Crippen LogP contribution is -2.47. The predicted molar refractivity (Wildman–Crippen MR) is 149 cm³/mol. The molecular weight excluding hydrogens is 521 g/mol. The standard InChI is InChI=1S/C29H27F3N6O2/c30-21-15-18(4-7-25(33)40)14-20(16-21)22-3-1-2-19-17-34-29(36-28(19)22)35-23-5-6-24(27(32)26(23)31)38-10-8-37(9-11-38)12-13-39/h1-7,14-17,39H,8-13H2,(H2,33,40)(H,34,35,36). The van der Waals surface area contributed by atoms with E-state index in [9.17, 15) is 9.18 Å². The van der Waals surface area contributed by atoms with Gasteiger partial charge < -0.3 is 21.1 Å². The fraction of sp³-hybridized carbons (Fsp3) is 0.207. The number of rotatable bonds is 8. The molecule has 8 nitrogen and oxygen atoms in total. The molecule has 2 heterocycles. The van der Waals surface area contributed by atoms with Crippen molar-refractivity contribution in [3.8, 4) is 11.1 Å². The van der Waals surface area contributed by atoms with Crippen molar-refractivity contribution < 1.29 is 23.1 Å². The lowest BCUT2D eigenvalue weighted by atomic mass is 10.00. The second-order valence-electron chi connectivity index (χ2n) is 9.38. The van der Waals surface area contributed by atoms with Crippen LogP contribution >= 0.6 is 0 Å². The van der Waals surface area contributed by atoms with Gasteiger partial charge in [-0.15, -0.1) is 0 Å². The monoisotopic (exact) mass is 548 g/mol. The summed E-state index contributed by atoms with van der Waals surface area (Å²) in [6, 6.07) is 12.6. The Morgan fingerprint density at radius 1 is 1.05 bits per heavy atom. The highest BCUT2D eigenvalue weighted by molar-refractivity contribution is 5.95. The van der Waals surface area contributed by atoms with Gasteiger partial charge in [0.05, 0.1) is 23.5 Å². The molecule has 11 heteroatoms. The third-order valence-electron chi connectivity index (χ3n) is 6.72. The predicted octanol–water partition coefficient (Wildman–Crippen LogP) is 4.07. The van der Waals surface area contributed by atoms with Crippen LogP contribution in [0.5, 0.6) is 0 Å². The van der Waals surface area contributed by atoms with Crippen molar-refractivity contribution in [3.05, 3.63) is 83.8 Å². The molecule has 1 aliphatic rings. The van der Waals surface area contributed by atoms with Gasteiger partial charge in [0.1, 0.15) is 5.82 Å². The van der Waals surface area contributed by atoms with Gasteiger partial charge in [-0.1, -0.05) is 18.2 Å². The van der Waals surface area contributed by atoms with E-state index in [1.165, 1.54) is 36.5 Å². The molecule has 40 heavy (non-hydrogen) atoms. The van der Waals surface area contributed by atoms with Crippen LogP contribution in [0.4, 0.5) is 30.5 Å². The van der Waals surface area contributed by atoms with Crippen LogP contribution in [0.1, 0.15) is 5.56 Å². The first-order valence-electron chi connectivity index (χ1n) is 12.7. The molecule has 1 aliphatic heterocycles. The molecule has 3 aromatic carbocycles. The molecule has 4 aromatic rings. The van der Waals surface area contributed by atoms with Gasteiger partial charge in [-0.25, -0.2) is 23.1 Å². The van der Waals surface area contributed by atoms with Crippen molar-refractivity contribution in [1.82, 2.24) is 14.9 Å². The summed E-state index contributed by atoms with van der Waals surface area (Å²) in [4.78, 5) is 23.7. The van der Waals surface area contributed by atoms with Gasteiger partial charge in [0.15, 0.2) is 11.6 Å². The Balaban J connectivity index is 1.43. The molecule has 0 spiro atoms. The number of para-hydroxylation sites is 1. The number of aliphatic hydroxyl groups excluding tert-OH is 1. The Morgan fingerprint density at radius 2 is 1.85 bits per heavy atom. The van der Waals surface area contributed by atoms with E-state index in [0.29, 0.717) is 60.3 Å². The number of hydrogen-bond donors (Lipinski definition) is 3. The van der Waals surface area contributed by atoms with E-state index >= 15 is 8.78 Å². The third-order valence-corrected chi connectivity index (χ3v) is 6.72. The molecule has 0 bridgehead atoms. The van der Waals surface area contributed by atoms with Gasteiger partial charge in [0.25, 0.3) is 0 Å². The average Bonchev–Trinajstić information content (AvgIpc) is 2.94. The lowest BCUT2D eigenvalue weighted by molar-refractivity contribution is -0.113. The van der Waals surface area contributed by atoms with Crippen LogP contribution in [0, 0.1) is 17.5 Å². The number of aromatic nitrogens is 2. The first kappa shape index (κ1) is 27.1. The lowest BCUT2D eigenvalue weighted by Gasteiger charge is -2.36. The first-order valence-corrected chi connectivity index (χ1v) is 12.7. The number of hydrogen-bond acceptors (Lipinski definition) is 7. The molecule has 1 aromatic heterocycles. The minimum Gasteiger partial charge on any atom is -0.395 e. The number of aliphatic hydroxyl groups is 1. The van der Waals surface area contributed by atoms with Crippen LogP contribution < -0.4 is 16.0 Å². The normalized spacial score (nSPS) is 14.2. The number of β-amino-alcohol motifs (C(OH)–C–C–N with tert-alkyl or cyclic N) is 1. The Kier molecular flexibility index (Phi) is 7.94. The van der Waals surface area contributed by atoms with Crippen molar-refractivity contribution >= 4 is 40.2 Å². The molecular formula is C29H27F3N6O2. The van der Waals surface area contributed by atoms with Crippen LogP contribution in [-0.4, -0.2) is 65.2 Å². The van der Waals surface area contributed by atoms with Gasteiger partial charge >= 0.3 is 0 Å². The van der Waals surface area contributed by atoms with Gasteiger partial charge in [0, 0.05) is 55.9 Å². The molecule has 0 saturated carbocycles. The van der Waals surface area contributed by atoms with Gasteiger partial charge in [-0.05, 0) is 47.5 Å². The largest absolute Gasteiger partial charge is 0.395 e. The summed E-state index contributed by atoms with van der Waals surface area (Å²) in [6.07, 6.45) is 4.09. The van der Waals surface area contributed by atoms with Crippen LogP contribution in [0.2, 0.25) is 0 Å². The molecule has 0 unspecified atom stereocenters. The van der Waals surface area contributed by atoms with E-state index in [0.717, 1.165) is 6.08 Å². The highest BCUT2D eigenvalue weighted by atomic mass is 19.2. The Bertz CT molecular complexity index is 1590. The summed E-state index contributed by atoms with van der Waals surface area (Å²) in [5.41, 5.74) is 7.19. The van der Waals surface area contributed by atoms with Crippen molar-refractivity contribution in [1.29, 1.82) is 0 Å². The van der Waals surface area contributed by atoms with Crippen molar-refractivity contribution in [2.75, 3.05) is 49.5 Å². The highest BCUT2D eigenvalue weighted by Crippen LogP contribution is 2.32. The number of nitrogens with one attached hydrogen (secondary N) is 1. The van der Waals surface area contributed by atoms with Crippen molar-refractivity contribution in [2.45, 2.75) is 0 Å². The maximum absolute atomic E-state index is 15.1. The number of fused-ring (bicyclic) bond motifs is 1. The maximum atomic E-state index is 15.1. The summed E-state index contributed by atoms with van der Waals surface area (Å²) in [5, 5.41) is 12.5. The summed E-state index contributed by atoms with van der Waals surface area (Å²) in [7, 11) is 0. The fourth-order valence-corrected chi connectivity index (χ4v) is 4.75. The van der Waals surface area contributed by atoms with E-state index in [1.807, 2.05) is 0 Å². The van der Waals surface area contributed by atoms with E-state index < -0.39 is 23.4 Å². The Hall–Kier alpha value is -4.48. The number of nitrogens with two attached hydrogens (primary N) is 1. The van der Waals surface area contributed by atoms with Crippen LogP contribution in [-0.2, 0) is 4.79 Å². The summed E-state index contributed by atoms with van der Waals surface area (Å²) in [6.45, 7) is 2.92. The van der Waals surface area contributed by atoms with E-state index in [2.05, 4.69) is 20.2 Å². The minimum atomic E-state index is -1.05. The number of carbonyl (C=O) groups excluding carboxylic acids is 1. The molecule has 206 valence electrons. The minimum absolute atomic E-state index is 0.0360. The third kappa shape index (κ3) is 5.90. The second kappa shape index (κ2) is 11.7. The van der Waals surface area contributed by atoms with E-state index in [-0.39, 0.29) is 23.9 Å². The topological polar surface area (TPSA) is 108 Å². The number of carbonyl (C=O) groups is 1. The van der Waals surface area contributed by atoms with Crippen LogP contribution in [0.25, 0.3) is 28.1 Å². The van der Waals surface area contributed by atoms with Crippen LogP contribution in [0.15, 0.2) is 60.8 Å². The molecule has 1 saturated heterocycles. The Labute approximate surface area is 228 Å². The first-order chi connectivity index (χ1) is 19.3. The molecule has 1 amide bonds. The van der Waals surface area contributed by atoms with Gasteiger partial charge in [-0.3, -0.25) is 9.69 Å². The Morgan fingerprint density at radius 3 is 2.60 bits per heavy atom. The molecule has 0 aliphatic carbocycles. The number of halogens is 3. The molecule has 0 atom stereocenters. The summed E-state index contributed by atoms with van der Waals surface area (Å²) >= 11 is 0. The van der Waals surface area contributed by atoms with Gasteiger partial charge in [-0.2, -0.15) is 0 Å². The van der Waals surface area contributed by atoms with Gasteiger partial charge in [0.2, 0.25) is 11.9 Å². The SMILES string of the molecule is NC(=O)C=Cc1cc(F)cc(-c2cccc3cnc(Nc4ccc(N5CCN(CCO)CC5)c(F)c4F)nc23)c1. The fourth-order valence-electron chi connectivity index (χ4n) is 4.75. The summed E-state index contributed by atoms with van der Waals surface area (Å²) < 4.78 is 44.7. The van der Waals surface area contributed by atoms with Crippen LogP contribution in [0.3, 0.4) is 0 Å². The average molecular weight is 549 g/mol. The number of nitrogens with zero attached hydrogens (tertiary/aromatic N) is 4. The quantitative estimate of drug-likeness (QED) is 0.285. The zero-order chi connectivity index (χ0) is 28.2. The molecule has 4 N–H and O–H groups in total. The number of benzene rings is 3. The van der Waals surface area contributed by atoms with Crippen molar-refractivity contribution in [2.24, 2.45) is 5.73 Å². The zero-order valence-corrected chi connectivity index (χ0v) is 21.4. The number of anilines is 3. The molecule has 1 fully saturated rings. The number of piperazine rings is 1. The smallest absolute Gasteiger partial charge is 0.241 e. The molecule has 5 rings (SSSR count). The molecule has 0 radical (unpaired) electrons. The highest BCUT2D eigenvalue weighted by Gasteiger charge is 2.23. The zero-order valence-electron chi connectivity index (χ0n) is 21.4. The maximum Gasteiger partial charge on any atom is 0.241 e.